The maximum Gasteiger partial charge on any atom is 0.412 e. The summed E-state index contributed by atoms with van der Waals surface area (Å²) in [5.74, 6) is 0.534. The zero-order valence-electron chi connectivity index (χ0n) is 8.35. The molecule has 0 aliphatic rings. The van der Waals surface area contributed by atoms with Crippen molar-refractivity contribution in [2.75, 3.05) is 7.05 Å². The zero-order chi connectivity index (χ0) is 10.7. The molecule has 1 rings (SSSR count). The first-order chi connectivity index (χ1) is 6.56. The molecule has 1 N–H and O–H groups in total. The SMILES string of the molecule is CNC(=O)Oc1ccc(Cl)c(C)c1C. The molecule has 1 amide bonds. The standard InChI is InChI=1S/C10H12ClNO2/c1-6-7(2)9(5-4-8(6)11)14-10(13)12-3/h4-5H,1-3H3,(H,12,13). The van der Waals surface area contributed by atoms with Crippen molar-refractivity contribution in [1.29, 1.82) is 0 Å². The van der Waals surface area contributed by atoms with Crippen molar-refractivity contribution in [3.8, 4) is 5.75 Å². The fraction of sp³-hybridized carbons (Fsp3) is 0.300. The van der Waals surface area contributed by atoms with Crippen molar-refractivity contribution < 1.29 is 9.53 Å². The molecule has 4 heteroatoms. The number of nitrogens with one attached hydrogen (secondary N) is 1. The van der Waals surface area contributed by atoms with Gasteiger partial charge < -0.3 is 10.1 Å². The predicted octanol–water partition coefficient (Wildman–Crippen LogP) is 2.68. The summed E-state index contributed by atoms with van der Waals surface area (Å²) in [7, 11) is 1.51. The van der Waals surface area contributed by atoms with E-state index in [0.717, 1.165) is 11.1 Å². The Kier molecular flexibility index (Phi) is 3.36. The lowest BCUT2D eigenvalue weighted by atomic mass is 10.1. The first-order valence-corrected chi connectivity index (χ1v) is 4.59. The van der Waals surface area contributed by atoms with Crippen LogP contribution in [0.2, 0.25) is 5.02 Å². The van der Waals surface area contributed by atoms with Gasteiger partial charge in [0.1, 0.15) is 5.75 Å². The van der Waals surface area contributed by atoms with E-state index in [1.807, 2.05) is 13.8 Å². The van der Waals surface area contributed by atoms with Gasteiger partial charge in [-0.3, -0.25) is 0 Å². The Morgan fingerprint density at radius 2 is 2.00 bits per heavy atom. The smallest absolute Gasteiger partial charge is 0.410 e. The molecule has 76 valence electrons. The molecule has 0 aromatic heterocycles. The molecule has 1 aromatic carbocycles. The van der Waals surface area contributed by atoms with Gasteiger partial charge in [0.05, 0.1) is 0 Å². The van der Waals surface area contributed by atoms with Crippen LogP contribution in [0.15, 0.2) is 12.1 Å². The van der Waals surface area contributed by atoms with E-state index < -0.39 is 6.09 Å². The lowest BCUT2D eigenvalue weighted by Gasteiger charge is -2.09. The molecule has 0 radical (unpaired) electrons. The van der Waals surface area contributed by atoms with Crippen molar-refractivity contribution in [3.63, 3.8) is 0 Å². The fourth-order valence-electron chi connectivity index (χ4n) is 1.02. The van der Waals surface area contributed by atoms with Gasteiger partial charge in [-0.2, -0.15) is 0 Å². The molecule has 0 aliphatic carbocycles. The highest BCUT2D eigenvalue weighted by Crippen LogP contribution is 2.27. The molecular weight excluding hydrogens is 202 g/mol. The highest BCUT2D eigenvalue weighted by atomic mass is 35.5. The van der Waals surface area contributed by atoms with E-state index >= 15 is 0 Å². The van der Waals surface area contributed by atoms with Gasteiger partial charge >= 0.3 is 6.09 Å². The molecule has 0 unspecified atom stereocenters. The summed E-state index contributed by atoms with van der Waals surface area (Å²) in [5, 5.41) is 3.05. The number of hydrogen-bond donors (Lipinski definition) is 1. The van der Waals surface area contributed by atoms with Crippen LogP contribution in [0.5, 0.6) is 5.75 Å². The van der Waals surface area contributed by atoms with Crippen molar-refractivity contribution >= 4 is 17.7 Å². The third-order valence-corrected chi connectivity index (χ3v) is 2.49. The molecule has 3 nitrogen and oxygen atoms in total. The Morgan fingerprint density at radius 1 is 1.36 bits per heavy atom. The van der Waals surface area contributed by atoms with Crippen LogP contribution in [0, 0.1) is 13.8 Å². The number of carbonyl (C=O) groups is 1. The zero-order valence-corrected chi connectivity index (χ0v) is 9.11. The Bertz CT molecular complexity index is 363. The number of rotatable bonds is 1. The van der Waals surface area contributed by atoms with E-state index in [4.69, 9.17) is 16.3 Å². The Morgan fingerprint density at radius 3 is 2.57 bits per heavy atom. The second-order valence-electron chi connectivity index (χ2n) is 2.94. The van der Waals surface area contributed by atoms with E-state index in [0.29, 0.717) is 10.8 Å². The van der Waals surface area contributed by atoms with Gasteiger partial charge in [0.25, 0.3) is 0 Å². The molecule has 0 aliphatic heterocycles. The van der Waals surface area contributed by atoms with Gasteiger partial charge in [-0.15, -0.1) is 0 Å². The molecular formula is C10H12ClNO2. The third kappa shape index (κ3) is 2.17. The second kappa shape index (κ2) is 4.33. The minimum atomic E-state index is -0.477. The average Bonchev–Trinajstić information content (AvgIpc) is 2.19. The summed E-state index contributed by atoms with van der Waals surface area (Å²) in [6, 6.07) is 3.39. The minimum Gasteiger partial charge on any atom is -0.410 e. The van der Waals surface area contributed by atoms with Gasteiger partial charge in [-0.1, -0.05) is 11.6 Å². The summed E-state index contributed by atoms with van der Waals surface area (Å²) in [6.45, 7) is 3.74. The van der Waals surface area contributed by atoms with Crippen molar-refractivity contribution in [1.82, 2.24) is 5.32 Å². The topological polar surface area (TPSA) is 38.3 Å². The molecule has 0 spiro atoms. The van der Waals surface area contributed by atoms with Gasteiger partial charge in [-0.05, 0) is 37.1 Å². The van der Waals surface area contributed by atoms with E-state index in [2.05, 4.69) is 5.32 Å². The maximum atomic E-state index is 11.0. The van der Waals surface area contributed by atoms with E-state index in [1.165, 1.54) is 7.05 Å². The molecule has 1 aromatic rings. The van der Waals surface area contributed by atoms with Crippen LogP contribution >= 0.6 is 11.6 Å². The summed E-state index contributed by atoms with van der Waals surface area (Å²) in [4.78, 5) is 11.0. The summed E-state index contributed by atoms with van der Waals surface area (Å²) < 4.78 is 5.02. The molecule has 0 heterocycles. The Hall–Kier alpha value is -1.22. The lowest BCUT2D eigenvalue weighted by Crippen LogP contribution is -2.22. The molecule has 14 heavy (non-hydrogen) atoms. The molecule has 0 fully saturated rings. The molecule has 0 bridgehead atoms. The first-order valence-electron chi connectivity index (χ1n) is 4.21. The van der Waals surface area contributed by atoms with Crippen molar-refractivity contribution in [2.24, 2.45) is 0 Å². The Balaban J connectivity index is 3.00. The van der Waals surface area contributed by atoms with Crippen LogP contribution in [0.25, 0.3) is 0 Å². The van der Waals surface area contributed by atoms with E-state index in [-0.39, 0.29) is 0 Å². The summed E-state index contributed by atoms with van der Waals surface area (Å²) >= 11 is 5.90. The number of benzene rings is 1. The van der Waals surface area contributed by atoms with Gasteiger partial charge in [0.2, 0.25) is 0 Å². The highest BCUT2D eigenvalue weighted by molar-refractivity contribution is 6.31. The summed E-state index contributed by atoms with van der Waals surface area (Å²) in [5.41, 5.74) is 1.80. The van der Waals surface area contributed by atoms with E-state index in [1.54, 1.807) is 12.1 Å². The van der Waals surface area contributed by atoms with Gasteiger partial charge in [0.15, 0.2) is 0 Å². The minimum absolute atomic E-state index is 0.477. The third-order valence-electron chi connectivity index (χ3n) is 2.08. The number of ether oxygens (including phenoxy) is 1. The van der Waals surface area contributed by atoms with Crippen LogP contribution < -0.4 is 10.1 Å². The van der Waals surface area contributed by atoms with Crippen LogP contribution in [0.3, 0.4) is 0 Å². The summed E-state index contributed by atoms with van der Waals surface area (Å²) in [6.07, 6.45) is -0.477. The largest absolute Gasteiger partial charge is 0.412 e. The van der Waals surface area contributed by atoms with Crippen LogP contribution in [-0.4, -0.2) is 13.1 Å². The highest BCUT2D eigenvalue weighted by Gasteiger charge is 2.08. The maximum absolute atomic E-state index is 11.0. The number of hydrogen-bond acceptors (Lipinski definition) is 2. The first kappa shape index (κ1) is 10.9. The fourth-order valence-corrected chi connectivity index (χ4v) is 1.23. The number of amides is 1. The van der Waals surface area contributed by atoms with E-state index in [9.17, 15) is 4.79 Å². The lowest BCUT2D eigenvalue weighted by molar-refractivity contribution is 0.202. The quantitative estimate of drug-likeness (QED) is 0.779. The predicted molar refractivity (Wildman–Crippen MR) is 56.0 cm³/mol. The number of carbonyl (C=O) groups excluding carboxylic acids is 1. The molecule has 0 saturated heterocycles. The average molecular weight is 214 g/mol. The van der Waals surface area contributed by atoms with Crippen LogP contribution in [-0.2, 0) is 0 Å². The second-order valence-corrected chi connectivity index (χ2v) is 3.34. The van der Waals surface area contributed by atoms with Crippen LogP contribution in [0.4, 0.5) is 4.79 Å². The van der Waals surface area contributed by atoms with Gasteiger partial charge in [-0.25, -0.2) is 4.79 Å². The Labute approximate surface area is 88.0 Å². The van der Waals surface area contributed by atoms with Gasteiger partial charge in [0, 0.05) is 12.1 Å². The molecule has 0 atom stereocenters. The molecule has 0 saturated carbocycles. The van der Waals surface area contributed by atoms with Crippen LogP contribution in [0.1, 0.15) is 11.1 Å². The number of halogens is 1. The van der Waals surface area contributed by atoms with Crippen molar-refractivity contribution in [3.05, 3.63) is 28.3 Å². The monoisotopic (exact) mass is 213 g/mol. The normalized spacial score (nSPS) is 9.71. The van der Waals surface area contributed by atoms with Crippen molar-refractivity contribution in [2.45, 2.75) is 13.8 Å².